The second kappa shape index (κ2) is 4.61. The van der Waals surface area contributed by atoms with E-state index >= 15 is 0 Å². The average molecular weight is 252 g/mol. The third-order valence-corrected chi connectivity index (χ3v) is 3.07. The fraction of sp³-hybridized carbons (Fsp3) is 0. The maximum Gasteiger partial charge on any atom is 0.125 e. The number of nitrogens with one attached hydrogen (secondary N) is 1. The van der Waals surface area contributed by atoms with Crippen molar-refractivity contribution in [3.05, 3.63) is 66.5 Å². The largest absolute Gasteiger partial charge is 0.397 e. The molecule has 0 aliphatic rings. The van der Waals surface area contributed by atoms with Gasteiger partial charge in [0.15, 0.2) is 0 Å². The first-order valence-corrected chi connectivity index (χ1v) is 6.04. The molecule has 0 saturated heterocycles. The lowest BCUT2D eigenvalue weighted by atomic mass is 10.1. The van der Waals surface area contributed by atoms with E-state index in [4.69, 9.17) is 5.73 Å². The topological polar surface area (TPSA) is 38.0 Å². The van der Waals surface area contributed by atoms with Crippen LogP contribution in [-0.2, 0) is 0 Å². The van der Waals surface area contributed by atoms with E-state index in [1.165, 1.54) is 12.1 Å². The third kappa shape index (κ3) is 2.22. The van der Waals surface area contributed by atoms with Crippen LogP contribution in [0, 0.1) is 5.82 Å². The zero-order chi connectivity index (χ0) is 13.2. The summed E-state index contributed by atoms with van der Waals surface area (Å²) in [6.07, 6.45) is 0. The van der Waals surface area contributed by atoms with E-state index in [0.717, 1.165) is 16.5 Å². The standard InChI is InChI=1S/C16H13FN2/c17-12-8-9-16(14(18)10-12)19-15-7-3-5-11-4-1-2-6-13(11)15/h1-10,19H,18H2. The molecule has 0 unspecified atom stereocenters. The number of rotatable bonds is 2. The Morgan fingerprint density at radius 3 is 2.47 bits per heavy atom. The van der Waals surface area contributed by atoms with Gasteiger partial charge in [0.1, 0.15) is 5.82 Å². The minimum absolute atomic E-state index is 0.332. The van der Waals surface area contributed by atoms with E-state index in [-0.39, 0.29) is 5.82 Å². The minimum atomic E-state index is -0.332. The van der Waals surface area contributed by atoms with Crippen molar-refractivity contribution in [3.63, 3.8) is 0 Å². The monoisotopic (exact) mass is 252 g/mol. The normalized spacial score (nSPS) is 10.6. The smallest absolute Gasteiger partial charge is 0.125 e. The highest BCUT2D eigenvalue weighted by Crippen LogP contribution is 2.29. The molecule has 0 bridgehead atoms. The summed E-state index contributed by atoms with van der Waals surface area (Å²) in [5.41, 5.74) is 7.87. The van der Waals surface area contributed by atoms with Crippen LogP contribution in [0.5, 0.6) is 0 Å². The van der Waals surface area contributed by atoms with Crippen LogP contribution >= 0.6 is 0 Å². The second-order valence-corrected chi connectivity index (χ2v) is 4.38. The lowest BCUT2D eigenvalue weighted by Crippen LogP contribution is -1.97. The summed E-state index contributed by atoms with van der Waals surface area (Å²) >= 11 is 0. The molecule has 94 valence electrons. The van der Waals surface area contributed by atoms with Crippen molar-refractivity contribution in [3.8, 4) is 0 Å². The maximum absolute atomic E-state index is 13.0. The number of nitrogen functional groups attached to an aromatic ring is 1. The molecular weight excluding hydrogens is 239 g/mol. The van der Waals surface area contributed by atoms with Gasteiger partial charge in [-0.15, -0.1) is 0 Å². The third-order valence-electron chi connectivity index (χ3n) is 3.07. The zero-order valence-electron chi connectivity index (χ0n) is 10.2. The second-order valence-electron chi connectivity index (χ2n) is 4.38. The number of hydrogen-bond donors (Lipinski definition) is 2. The van der Waals surface area contributed by atoms with Gasteiger partial charge in [-0.25, -0.2) is 4.39 Å². The SMILES string of the molecule is Nc1cc(F)ccc1Nc1cccc2ccccc12. The van der Waals surface area contributed by atoms with Crippen molar-refractivity contribution < 1.29 is 4.39 Å². The molecule has 0 spiro atoms. The van der Waals surface area contributed by atoms with Gasteiger partial charge in [-0.1, -0.05) is 36.4 Å². The van der Waals surface area contributed by atoms with Crippen LogP contribution in [0.15, 0.2) is 60.7 Å². The highest BCUT2D eigenvalue weighted by Gasteiger charge is 2.04. The molecule has 3 rings (SSSR count). The van der Waals surface area contributed by atoms with Crippen molar-refractivity contribution in [2.24, 2.45) is 0 Å². The first kappa shape index (κ1) is 11.5. The Balaban J connectivity index is 2.06. The van der Waals surface area contributed by atoms with Crippen molar-refractivity contribution in [2.45, 2.75) is 0 Å². The Morgan fingerprint density at radius 2 is 1.63 bits per heavy atom. The summed E-state index contributed by atoms with van der Waals surface area (Å²) in [4.78, 5) is 0. The Morgan fingerprint density at radius 1 is 0.842 bits per heavy atom. The number of hydrogen-bond acceptors (Lipinski definition) is 2. The molecule has 3 aromatic carbocycles. The molecule has 0 aliphatic heterocycles. The molecule has 0 atom stereocenters. The van der Waals surface area contributed by atoms with Crippen LogP contribution in [0.2, 0.25) is 0 Å². The molecule has 3 aromatic rings. The van der Waals surface area contributed by atoms with Gasteiger partial charge in [0.25, 0.3) is 0 Å². The van der Waals surface area contributed by atoms with Crippen LogP contribution in [0.4, 0.5) is 21.5 Å². The summed E-state index contributed by atoms with van der Waals surface area (Å²) in [7, 11) is 0. The predicted molar refractivity (Wildman–Crippen MR) is 78.0 cm³/mol. The van der Waals surface area contributed by atoms with Crippen LogP contribution in [-0.4, -0.2) is 0 Å². The van der Waals surface area contributed by atoms with Gasteiger partial charge < -0.3 is 11.1 Å². The van der Waals surface area contributed by atoms with Crippen LogP contribution < -0.4 is 11.1 Å². The molecule has 0 radical (unpaired) electrons. The Hall–Kier alpha value is -2.55. The van der Waals surface area contributed by atoms with E-state index in [2.05, 4.69) is 17.4 Å². The van der Waals surface area contributed by atoms with Crippen LogP contribution in [0.1, 0.15) is 0 Å². The van der Waals surface area contributed by atoms with Crippen molar-refractivity contribution >= 4 is 27.8 Å². The molecule has 2 nitrogen and oxygen atoms in total. The van der Waals surface area contributed by atoms with E-state index in [0.29, 0.717) is 11.4 Å². The number of benzene rings is 3. The summed E-state index contributed by atoms with van der Waals surface area (Å²) in [6.45, 7) is 0. The summed E-state index contributed by atoms with van der Waals surface area (Å²) in [5, 5.41) is 5.50. The van der Waals surface area contributed by atoms with Crippen LogP contribution in [0.3, 0.4) is 0 Å². The van der Waals surface area contributed by atoms with Crippen molar-refractivity contribution in [1.82, 2.24) is 0 Å². The summed E-state index contributed by atoms with van der Waals surface area (Å²) in [5.74, 6) is -0.332. The number of anilines is 3. The minimum Gasteiger partial charge on any atom is -0.397 e. The number of halogens is 1. The first-order valence-electron chi connectivity index (χ1n) is 6.04. The Labute approximate surface area is 110 Å². The molecule has 19 heavy (non-hydrogen) atoms. The molecule has 0 aliphatic carbocycles. The molecular formula is C16H13FN2. The molecule has 0 heterocycles. The number of nitrogens with two attached hydrogens (primary N) is 1. The van der Waals surface area contributed by atoms with E-state index < -0.39 is 0 Å². The van der Waals surface area contributed by atoms with Gasteiger partial charge in [0, 0.05) is 11.1 Å². The molecule has 0 amide bonds. The summed E-state index contributed by atoms with van der Waals surface area (Å²) in [6, 6.07) is 18.4. The van der Waals surface area contributed by atoms with Gasteiger partial charge in [0.2, 0.25) is 0 Å². The zero-order valence-corrected chi connectivity index (χ0v) is 10.2. The molecule has 0 aromatic heterocycles. The quantitative estimate of drug-likeness (QED) is 0.667. The molecule has 3 heteroatoms. The Bertz CT molecular complexity index is 732. The molecule has 0 fully saturated rings. The van der Waals surface area contributed by atoms with Gasteiger partial charge in [-0.05, 0) is 29.7 Å². The van der Waals surface area contributed by atoms with E-state index in [1.54, 1.807) is 6.07 Å². The van der Waals surface area contributed by atoms with Gasteiger partial charge in [-0.2, -0.15) is 0 Å². The predicted octanol–water partition coefficient (Wildman–Crippen LogP) is 4.30. The van der Waals surface area contributed by atoms with Crippen molar-refractivity contribution in [2.75, 3.05) is 11.1 Å². The number of fused-ring (bicyclic) bond motifs is 1. The highest BCUT2D eigenvalue weighted by molar-refractivity contribution is 5.96. The highest BCUT2D eigenvalue weighted by atomic mass is 19.1. The Kier molecular flexibility index (Phi) is 2.80. The maximum atomic E-state index is 13.0. The lowest BCUT2D eigenvalue weighted by molar-refractivity contribution is 0.628. The first-order chi connectivity index (χ1) is 9.24. The van der Waals surface area contributed by atoms with Gasteiger partial charge >= 0.3 is 0 Å². The fourth-order valence-electron chi connectivity index (χ4n) is 2.13. The van der Waals surface area contributed by atoms with Gasteiger partial charge in [0.05, 0.1) is 11.4 Å². The van der Waals surface area contributed by atoms with Crippen LogP contribution in [0.25, 0.3) is 10.8 Å². The van der Waals surface area contributed by atoms with Crippen molar-refractivity contribution in [1.29, 1.82) is 0 Å². The summed E-state index contributed by atoms with van der Waals surface area (Å²) < 4.78 is 13.0. The van der Waals surface area contributed by atoms with E-state index in [9.17, 15) is 4.39 Å². The molecule has 3 N–H and O–H groups in total. The fourth-order valence-corrected chi connectivity index (χ4v) is 2.13. The van der Waals surface area contributed by atoms with Gasteiger partial charge in [-0.3, -0.25) is 0 Å². The molecule has 0 saturated carbocycles. The average Bonchev–Trinajstić information content (AvgIpc) is 2.42. The van der Waals surface area contributed by atoms with E-state index in [1.807, 2.05) is 30.3 Å². The lowest BCUT2D eigenvalue weighted by Gasteiger charge is -2.11.